The number of carbonyl (C=O) groups excluding carboxylic acids is 6. The molecule has 0 radical (unpaired) electrons. The third-order valence-corrected chi connectivity index (χ3v) is 32.2. The fourth-order valence-electron chi connectivity index (χ4n) is 24.3. The molecule has 0 spiro atoms. The van der Waals surface area contributed by atoms with Gasteiger partial charge < -0.3 is 33.7 Å². The number of hydrogen-bond acceptors (Lipinski definition) is 20. The van der Waals surface area contributed by atoms with Crippen molar-refractivity contribution in [2.75, 3.05) is 38.7 Å². The summed E-state index contributed by atoms with van der Waals surface area (Å²) in [6.45, 7) is 50.5. The van der Waals surface area contributed by atoms with Gasteiger partial charge in [0.15, 0.2) is 46.4 Å². The lowest BCUT2D eigenvalue weighted by Crippen LogP contribution is -2.46. The average Bonchev–Trinajstić information content (AvgIpc) is 1.12. The van der Waals surface area contributed by atoms with Crippen LogP contribution in [0.1, 0.15) is 170 Å². The molecule has 0 N–H and O–H groups in total. The molecule has 1 amide bonds. The van der Waals surface area contributed by atoms with E-state index < -0.39 is 21.7 Å². The van der Waals surface area contributed by atoms with Crippen LogP contribution in [0, 0.1) is 91.1 Å². The Morgan fingerprint density at radius 1 is 0.413 bits per heavy atom. The van der Waals surface area contributed by atoms with Crippen LogP contribution < -0.4 is 4.90 Å². The number of benzene rings is 5. The number of hydrogen-bond donors (Lipinski definition) is 0. The summed E-state index contributed by atoms with van der Waals surface area (Å²) in [5, 5.41) is 1.03. The van der Waals surface area contributed by atoms with Crippen molar-refractivity contribution in [1.29, 1.82) is 0 Å². The van der Waals surface area contributed by atoms with Crippen LogP contribution in [0.4, 0.5) is 19.0 Å². The van der Waals surface area contributed by atoms with Crippen LogP contribution in [-0.4, -0.2) is 134 Å². The van der Waals surface area contributed by atoms with Crippen LogP contribution in [-0.2, 0) is 93.7 Å². The molecule has 752 valence electrons. The van der Waals surface area contributed by atoms with Crippen LogP contribution >= 0.6 is 0 Å². The fourth-order valence-corrected chi connectivity index (χ4v) is 24.3. The van der Waals surface area contributed by atoms with E-state index in [0.717, 1.165) is 105 Å². The number of anilines is 1. The molecule has 8 aromatic heterocycles. The van der Waals surface area contributed by atoms with Crippen LogP contribution in [0.3, 0.4) is 0 Å². The maximum absolute atomic E-state index is 15.1. The number of rotatable bonds is 16. The number of aryl methyl sites for hydroxylation is 2. The molecular weight excluding hydrogens is 1890 g/mol. The molecule has 0 saturated carbocycles. The molecule has 150 heavy (non-hydrogen) atoms. The monoisotopic (exact) mass is 2000 g/mol. The molecule has 13 aromatic rings. The number of aromatic nitrogens is 12. The van der Waals surface area contributed by atoms with E-state index in [1.54, 1.807) is 129 Å². The third-order valence-electron chi connectivity index (χ3n) is 32.2. The number of ether oxygens (including phenoxy) is 1. The minimum absolute atomic E-state index is 0.0106. The molecule has 22 rings (SSSR count). The molecule has 0 unspecified atom stereocenters. The van der Waals surface area contributed by atoms with Crippen molar-refractivity contribution in [3.8, 4) is 90.6 Å². The SMILES string of the molecule is [C-]#[N+]C1=C[C@@]2(C)c3nc(-c4ccc(-c5ccccc5)nc4)nc(-c4ccccc4F)c3CC[C@@H]2[C@@H](C)C1=O.[C-]#[N+]C1=C[C@@]2(C)c3nc(-c4ccnc(CCC(=O)N(C)C)c4)nc(-c4ccccc4F)c3CC[C@@H]2[C@@H](C)C1=O.[C-]#[N+]C1=C[C@@]2(C)c3nc(-c4ccnc(CCC(=O)OCC)c4)nc(-c4ccccc4F)c3CC[C@@H]2[C@@H](C)C1=O.[C-]#[N+]C1=C[C@@]2(C)c3nc(-c4ccnc5ccccc45)nc(N4CCCC4)c3CC[C@@H]2[C@@H](C)C1=O. The average molecular weight is 2000 g/mol. The standard InChI is InChI=1S/C32H25FN4O.C31H30FN5O2.C31H29FN4O3.C28H27N5O/c1-19-24-15-14-23-28(22-11-7-8-12-25(22)33)36-31(37-30(23)32(24,2)17-27(34-3)29(19)38)21-13-16-26(35-18-21)20-9-5-4-6-10-20;1-18-23-12-11-22-27(21-8-6-7-9-24(21)32)35-30(36-29(22)31(23,2)17-25(33-3)28(18)39)19-14-15-34-20(16-19)10-13-26(38)37(4)5;1-5-39-26(37)13-10-20-16-19(14-15-34-20)30-35-27(21-8-6-7-9-24(21)32)22-11-12-23-18(2)28(38)25(33-4)17-31(23,3)29(22)36-30;1-17-21-11-10-20-25(28(21,2)16-23(29-3)24(17)34)31-26(32-27(20)33-14-6-7-15-33)19-12-13-30-22-9-5-4-8-18(19)22/h4-13,16-19,24H,14-15H2,1-2H3;6-9,14-18,23H,10-13H2,1-2,4-5H3;6-9,14-18,23H,5,10-13H2,1-3H3;4-5,8-9,12-13,16-17,21H,6-7,10-11,14-15H2,1-2H3/t19-,24-,32-;2*18-,23-,31-;17-,21-,28-/m1111/s1. The van der Waals surface area contributed by atoms with Gasteiger partial charge in [-0.2, -0.15) is 0 Å². The van der Waals surface area contributed by atoms with E-state index in [1.807, 2.05) is 140 Å². The highest BCUT2D eigenvalue weighted by Gasteiger charge is 2.55. The number of para-hydroxylation sites is 1. The van der Waals surface area contributed by atoms with Crippen molar-refractivity contribution in [1.82, 2.24) is 64.7 Å². The Balaban J connectivity index is 0.000000126. The molecule has 0 bridgehead atoms. The maximum Gasteiger partial charge on any atom is 0.306 e. The van der Waals surface area contributed by atoms with Crippen molar-refractivity contribution >= 4 is 51.7 Å². The number of ketones is 4. The molecule has 1 aliphatic heterocycles. The lowest BCUT2D eigenvalue weighted by molar-refractivity contribution is -0.143. The first-order valence-electron chi connectivity index (χ1n) is 51.2. The quantitative estimate of drug-likeness (QED) is 0.0641. The second kappa shape index (κ2) is 42.0. The van der Waals surface area contributed by atoms with E-state index in [9.17, 15) is 28.8 Å². The molecule has 25 nitrogen and oxygen atoms in total. The van der Waals surface area contributed by atoms with Gasteiger partial charge in [0, 0.05) is 194 Å². The Kier molecular flexibility index (Phi) is 28.5. The van der Waals surface area contributed by atoms with Gasteiger partial charge in [-0.15, -0.1) is 0 Å². The predicted octanol–water partition coefficient (Wildman–Crippen LogP) is 22.9. The summed E-state index contributed by atoms with van der Waals surface area (Å²) in [5.41, 5.74) is 15.0. The number of allylic oxidation sites excluding steroid dienone is 8. The van der Waals surface area contributed by atoms with E-state index in [1.165, 1.54) is 36.6 Å². The Morgan fingerprint density at radius 2 is 0.793 bits per heavy atom. The summed E-state index contributed by atoms with van der Waals surface area (Å²) in [4.78, 5) is 152. The number of Topliss-reactive ketones (excluding diaryl/α,β-unsaturated/α-hetero) is 4. The number of esters is 1. The number of carbonyl (C=O) groups is 6. The highest BCUT2D eigenvalue weighted by atomic mass is 19.1. The van der Waals surface area contributed by atoms with E-state index in [0.29, 0.717) is 143 Å². The number of amides is 1. The van der Waals surface area contributed by atoms with Gasteiger partial charge in [0.2, 0.25) is 28.7 Å². The number of halogens is 3. The normalized spacial score (nSPS) is 22.9. The summed E-state index contributed by atoms with van der Waals surface area (Å²) in [7, 11) is 3.44. The van der Waals surface area contributed by atoms with E-state index in [4.69, 9.17) is 70.9 Å². The number of nitrogens with zero attached hydrogens (tertiary/aromatic N) is 18. The fraction of sp³-hybridized carbons (Fsp3) is 0.328. The van der Waals surface area contributed by atoms with Crippen molar-refractivity contribution < 1.29 is 46.7 Å². The van der Waals surface area contributed by atoms with Crippen LogP contribution in [0.15, 0.2) is 242 Å². The summed E-state index contributed by atoms with van der Waals surface area (Å²) < 4.78 is 50.4. The summed E-state index contributed by atoms with van der Waals surface area (Å²) in [5.74, 6) is 0.0521. The van der Waals surface area contributed by atoms with Gasteiger partial charge in [0.25, 0.3) is 0 Å². The minimum Gasteiger partial charge on any atom is -0.466 e. The zero-order valence-electron chi connectivity index (χ0n) is 85.5. The molecule has 5 aromatic carbocycles. The highest BCUT2D eigenvalue weighted by molar-refractivity contribution is 6.03. The number of fused-ring (bicyclic) bond motifs is 13. The third kappa shape index (κ3) is 19.0. The molecule has 9 heterocycles. The molecule has 1 saturated heterocycles. The molecular formula is C122H111F3N18O7. The van der Waals surface area contributed by atoms with E-state index in [-0.39, 0.29) is 129 Å². The summed E-state index contributed by atoms with van der Waals surface area (Å²) in [6.07, 6.45) is 23.5. The van der Waals surface area contributed by atoms with Crippen LogP contribution in [0.5, 0.6) is 0 Å². The molecule has 28 heteroatoms. The van der Waals surface area contributed by atoms with E-state index >= 15 is 13.2 Å². The zero-order chi connectivity index (χ0) is 106. The molecule has 1 fully saturated rings. The second-order valence-corrected chi connectivity index (χ2v) is 41.2. The Bertz CT molecular complexity index is 7980. The van der Waals surface area contributed by atoms with Gasteiger partial charge in [0.05, 0.1) is 90.4 Å². The summed E-state index contributed by atoms with van der Waals surface area (Å²) in [6, 6.07) is 50.9. The van der Waals surface area contributed by atoms with Crippen molar-refractivity contribution in [2.24, 2.45) is 47.3 Å². The van der Waals surface area contributed by atoms with Gasteiger partial charge in [-0.1, -0.05) is 165 Å². The van der Waals surface area contributed by atoms with Crippen molar-refractivity contribution in [3.05, 3.63) is 361 Å². The lowest BCUT2D eigenvalue weighted by atomic mass is 9.58. The van der Waals surface area contributed by atoms with Gasteiger partial charge in [-0.05, 0) is 186 Å². The van der Waals surface area contributed by atoms with Crippen LogP contribution in [0.25, 0.3) is 121 Å². The number of pyridine rings is 4. The maximum atomic E-state index is 15.1. The topological polar surface area (TPSA) is 290 Å². The zero-order valence-corrected chi connectivity index (χ0v) is 85.5. The van der Waals surface area contributed by atoms with E-state index in [2.05, 4.69) is 57.2 Å². The van der Waals surface area contributed by atoms with Crippen molar-refractivity contribution in [3.63, 3.8) is 0 Å². The second-order valence-electron chi connectivity index (χ2n) is 41.2. The Labute approximate surface area is 869 Å². The summed E-state index contributed by atoms with van der Waals surface area (Å²) >= 11 is 0. The Hall–Kier alpha value is -16.6. The van der Waals surface area contributed by atoms with Crippen LogP contribution in [0.2, 0.25) is 0 Å². The largest absolute Gasteiger partial charge is 0.466 e. The van der Waals surface area contributed by atoms with Gasteiger partial charge >= 0.3 is 5.97 Å². The first-order valence-corrected chi connectivity index (χ1v) is 51.2. The smallest absolute Gasteiger partial charge is 0.306 e. The predicted molar refractivity (Wildman–Crippen MR) is 566 cm³/mol. The highest BCUT2D eigenvalue weighted by Crippen LogP contribution is 2.57. The van der Waals surface area contributed by atoms with Crippen molar-refractivity contribution in [2.45, 2.75) is 174 Å². The minimum atomic E-state index is -0.696. The first-order chi connectivity index (χ1) is 72.3. The first kappa shape index (κ1) is 102. The van der Waals surface area contributed by atoms with Gasteiger partial charge in [-0.25, -0.2) is 72.4 Å². The molecule has 12 atom stereocenters. The van der Waals surface area contributed by atoms with Gasteiger partial charge in [0.1, 0.15) is 23.3 Å². The molecule has 9 aliphatic rings. The molecule has 8 aliphatic carbocycles. The van der Waals surface area contributed by atoms with Gasteiger partial charge in [-0.3, -0.25) is 29.5 Å². The lowest BCUT2D eigenvalue weighted by Gasteiger charge is -2.46. The Morgan fingerprint density at radius 3 is 1.20 bits per heavy atom.